The molecule has 0 radical (unpaired) electrons. The van der Waals surface area contributed by atoms with Crippen molar-refractivity contribution in [1.29, 1.82) is 0 Å². The van der Waals surface area contributed by atoms with Crippen molar-refractivity contribution < 1.29 is 28.7 Å². The number of amides is 2. The monoisotopic (exact) mass is 388 g/mol. The molecule has 1 aliphatic heterocycles. The van der Waals surface area contributed by atoms with E-state index < -0.39 is 11.9 Å². The Labute approximate surface area is 160 Å². The molecule has 1 aliphatic rings. The first-order chi connectivity index (χ1) is 13.5. The van der Waals surface area contributed by atoms with Gasteiger partial charge in [0.15, 0.2) is 13.2 Å². The van der Waals surface area contributed by atoms with Gasteiger partial charge >= 0.3 is 11.9 Å². The molecule has 0 atom stereocenters. The highest BCUT2D eigenvalue weighted by Crippen LogP contribution is 2.05. The predicted molar refractivity (Wildman–Crippen MR) is 95.3 cm³/mol. The molecule has 28 heavy (non-hydrogen) atoms. The summed E-state index contributed by atoms with van der Waals surface area (Å²) in [5, 5.41) is 0. The maximum atomic E-state index is 12.2. The normalized spacial score (nSPS) is 13.9. The number of rotatable bonds is 6. The van der Waals surface area contributed by atoms with E-state index in [4.69, 9.17) is 9.47 Å². The first-order valence-corrected chi connectivity index (χ1v) is 8.71. The molecule has 10 heteroatoms. The Balaban J connectivity index is 1.37. The number of nitrogens with zero attached hydrogens (tertiary/aromatic N) is 2. The van der Waals surface area contributed by atoms with Crippen LogP contribution >= 0.6 is 0 Å². The Bertz CT molecular complexity index is 752. The topological polar surface area (TPSA) is 125 Å². The van der Waals surface area contributed by atoms with E-state index in [1.807, 2.05) is 0 Å². The molecule has 1 saturated heterocycles. The Morgan fingerprint density at radius 1 is 0.750 bits per heavy atom. The summed E-state index contributed by atoms with van der Waals surface area (Å²) < 4.78 is 9.95. The second-order valence-corrected chi connectivity index (χ2v) is 6.08. The third kappa shape index (κ3) is 4.78. The number of carbonyl (C=O) groups excluding carboxylic acids is 4. The lowest BCUT2D eigenvalue weighted by atomic mass is 10.3. The van der Waals surface area contributed by atoms with Gasteiger partial charge in [0.2, 0.25) is 0 Å². The van der Waals surface area contributed by atoms with Crippen molar-refractivity contribution in [2.75, 3.05) is 39.4 Å². The van der Waals surface area contributed by atoms with E-state index in [0.717, 1.165) is 0 Å². The van der Waals surface area contributed by atoms with Crippen LogP contribution in [0.25, 0.3) is 0 Å². The van der Waals surface area contributed by atoms with Crippen LogP contribution in [0.5, 0.6) is 0 Å². The molecule has 0 unspecified atom stereocenters. The van der Waals surface area contributed by atoms with Gasteiger partial charge in [-0.3, -0.25) is 9.59 Å². The number of nitrogens with one attached hydrogen (secondary N) is 2. The smallest absolute Gasteiger partial charge is 0.355 e. The van der Waals surface area contributed by atoms with E-state index in [1.165, 1.54) is 9.80 Å². The fraction of sp³-hybridized carbons (Fsp3) is 0.333. The Kier molecular flexibility index (Phi) is 6.10. The SMILES string of the molecule is O=C(OCC(=O)N1CCN(C(=O)COC(=O)c2ccc[nH]2)CC1)c1ccc[nH]1. The summed E-state index contributed by atoms with van der Waals surface area (Å²) in [6, 6.07) is 6.42. The molecule has 0 saturated carbocycles. The van der Waals surface area contributed by atoms with Gasteiger partial charge in [0.1, 0.15) is 11.4 Å². The van der Waals surface area contributed by atoms with E-state index in [0.29, 0.717) is 26.2 Å². The molecule has 3 heterocycles. The van der Waals surface area contributed by atoms with E-state index in [1.54, 1.807) is 36.7 Å². The fourth-order valence-electron chi connectivity index (χ4n) is 2.71. The average Bonchev–Trinajstić information content (AvgIpc) is 3.44. The van der Waals surface area contributed by atoms with Crippen LogP contribution in [-0.4, -0.2) is 82.9 Å². The number of esters is 2. The van der Waals surface area contributed by atoms with E-state index >= 15 is 0 Å². The highest BCUT2D eigenvalue weighted by Gasteiger charge is 2.25. The lowest BCUT2D eigenvalue weighted by Gasteiger charge is -2.34. The van der Waals surface area contributed by atoms with Crippen molar-refractivity contribution in [2.24, 2.45) is 0 Å². The molecule has 148 valence electrons. The van der Waals surface area contributed by atoms with Gasteiger partial charge in [0, 0.05) is 38.6 Å². The predicted octanol–water partition coefficient (Wildman–Crippen LogP) is 0.0274. The molecule has 2 aromatic rings. The standard InChI is InChI=1S/C18H20N4O6/c23-15(11-27-17(25)13-3-1-5-19-13)21-7-9-22(10-8-21)16(24)12-28-18(26)14-4-2-6-20-14/h1-6,19-20H,7-12H2. The molecular weight excluding hydrogens is 368 g/mol. The fourth-order valence-corrected chi connectivity index (χ4v) is 2.71. The van der Waals surface area contributed by atoms with Crippen LogP contribution < -0.4 is 0 Å². The number of aromatic amines is 2. The zero-order valence-corrected chi connectivity index (χ0v) is 15.1. The van der Waals surface area contributed by atoms with Gasteiger partial charge in [-0.05, 0) is 24.3 Å². The zero-order chi connectivity index (χ0) is 19.9. The van der Waals surface area contributed by atoms with E-state index in [-0.39, 0.29) is 36.4 Å². The average molecular weight is 388 g/mol. The first kappa shape index (κ1) is 19.2. The van der Waals surface area contributed by atoms with Crippen LogP contribution in [0.4, 0.5) is 0 Å². The van der Waals surface area contributed by atoms with Gasteiger partial charge in [-0.2, -0.15) is 0 Å². The minimum absolute atomic E-state index is 0.275. The number of hydrogen-bond donors (Lipinski definition) is 2. The van der Waals surface area contributed by atoms with Crippen molar-refractivity contribution >= 4 is 23.8 Å². The Morgan fingerprint density at radius 3 is 1.46 bits per heavy atom. The highest BCUT2D eigenvalue weighted by molar-refractivity contribution is 5.90. The van der Waals surface area contributed by atoms with Crippen LogP contribution in [0, 0.1) is 0 Å². The number of carbonyl (C=O) groups is 4. The minimum atomic E-state index is -0.601. The molecule has 3 rings (SSSR count). The zero-order valence-electron chi connectivity index (χ0n) is 15.1. The molecule has 2 N–H and O–H groups in total. The van der Waals surface area contributed by atoms with Gasteiger partial charge in [0.25, 0.3) is 11.8 Å². The van der Waals surface area contributed by atoms with Crippen LogP contribution in [0.1, 0.15) is 21.0 Å². The lowest BCUT2D eigenvalue weighted by Crippen LogP contribution is -2.52. The van der Waals surface area contributed by atoms with Crippen molar-refractivity contribution in [1.82, 2.24) is 19.8 Å². The molecule has 2 aromatic heterocycles. The molecule has 0 aromatic carbocycles. The van der Waals surface area contributed by atoms with E-state index in [2.05, 4.69) is 9.97 Å². The number of aromatic nitrogens is 2. The molecular formula is C18H20N4O6. The molecule has 0 spiro atoms. The lowest BCUT2D eigenvalue weighted by molar-refractivity contribution is -0.142. The second-order valence-electron chi connectivity index (χ2n) is 6.08. The summed E-state index contributed by atoms with van der Waals surface area (Å²) in [7, 11) is 0. The largest absolute Gasteiger partial charge is 0.451 e. The third-order valence-electron chi connectivity index (χ3n) is 4.27. The first-order valence-electron chi connectivity index (χ1n) is 8.71. The maximum absolute atomic E-state index is 12.2. The van der Waals surface area contributed by atoms with Crippen molar-refractivity contribution in [3.8, 4) is 0 Å². The second kappa shape index (κ2) is 8.89. The molecule has 10 nitrogen and oxygen atoms in total. The summed E-state index contributed by atoms with van der Waals surface area (Å²) in [4.78, 5) is 56.2. The van der Waals surface area contributed by atoms with Crippen LogP contribution in [0.15, 0.2) is 36.7 Å². The molecule has 1 fully saturated rings. The van der Waals surface area contributed by atoms with Crippen molar-refractivity contribution in [3.63, 3.8) is 0 Å². The minimum Gasteiger partial charge on any atom is -0.451 e. The number of ether oxygens (including phenoxy) is 2. The third-order valence-corrected chi connectivity index (χ3v) is 4.27. The quantitative estimate of drug-likeness (QED) is 0.673. The maximum Gasteiger partial charge on any atom is 0.355 e. The van der Waals surface area contributed by atoms with Gasteiger partial charge in [-0.1, -0.05) is 0 Å². The Hall–Kier alpha value is -3.56. The van der Waals surface area contributed by atoms with Gasteiger partial charge in [-0.15, -0.1) is 0 Å². The van der Waals surface area contributed by atoms with Crippen molar-refractivity contribution in [3.05, 3.63) is 48.0 Å². The summed E-state index contributed by atoms with van der Waals surface area (Å²) in [6.45, 7) is 0.536. The summed E-state index contributed by atoms with van der Waals surface area (Å²) in [6.07, 6.45) is 3.17. The molecule has 0 bridgehead atoms. The van der Waals surface area contributed by atoms with Crippen LogP contribution in [0.3, 0.4) is 0 Å². The summed E-state index contributed by atoms with van der Waals surface area (Å²) in [5.74, 6) is -1.86. The molecule has 0 aliphatic carbocycles. The summed E-state index contributed by atoms with van der Waals surface area (Å²) >= 11 is 0. The number of piperazine rings is 1. The Morgan fingerprint density at radius 2 is 1.14 bits per heavy atom. The van der Waals surface area contributed by atoms with Gasteiger partial charge < -0.3 is 29.2 Å². The number of hydrogen-bond acceptors (Lipinski definition) is 6. The highest BCUT2D eigenvalue weighted by atomic mass is 16.5. The van der Waals surface area contributed by atoms with Crippen LogP contribution in [-0.2, 0) is 19.1 Å². The van der Waals surface area contributed by atoms with Gasteiger partial charge in [0.05, 0.1) is 0 Å². The van der Waals surface area contributed by atoms with Crippen LogP contribution in [0.2, 0.25) is 0 Å². The number of H-pyrrole nitrogens is 2. The van der Waals surface area contributed by atoms with Crippen molar-refractivity contribution in [2.45, 2.75) is 0 Å². The van der Waals surface area contributed by atoms with Gasteiger partial charge in [-0.25, -0.2) is 9.59 Å². The summed E-state index contributed by atoms with van der Waals surface area (Å²) in [5.41, 5.74) is 0.550. The van der Waals surface area contributed by atoms with E-state index in [9.17, 15) is 19.2 Å². The molecule has 2 amide bonds.